The van der Waals surface area contributed by atoms with Crippen LogP contribution in [0.4, 0.5) is 11.6 Å². The van der Waals surface area contributed by atoms with Crippen LogP contribution in [0.25, 0.3) is 0 Å². The summed E-state index contributed by atoms with van der Waals surface area (Å²) in [6.07, 6.45) is 1.84. The van der Waals surface area contributed by atoms with Crippen LogP contribution < -0.4 is 21.1 Å². The number of piperidine rings is 1. The Morgan fingerprint density at radius 1 is 1.28 bits per heavy atom. The monoisotopic (exact) mass is 492 g/mol. The molecule has 0 amide bonds. The summed E-state index contributed by atoms with van der Waals surface area (Å²) in [5.74, 6) is 2.08. The van der Waals surface area contributed by atoms with E-state index in [1.54, 1.807) is 18.2 Å². The maximum atomic E-state index is 6.20. The van der Waals surface area contributed by atoms with Crippen LogP contribution in [0.15, 0.2) is 24.3 Å². The summed E-state index contributed by atoms with van der Waals surface area (Å²) >= 11 is 14.4. The topological polar surface area (TPSA) is 77.4 Å². The van der Waals surface area contributed by atoms with E-state index in [1.807, 2.05) is 6.07 Å². The van der Waals surface area contributed by atoms with Crippen molar-refractivity contribution in [2.75, 3.05) is 23.7 Å². The second-order valence-electron chi connectivity index (χ2n) is 6.47. The maximum Gasteiger partial charge on any atom is 0.182 e. The van der Waals surface area contributed by atoms with Gasteiger partial charge in [-0.3, -0.25) is 0 Å². The molecule has 1 aromatic heterocycles. The van der Waals surface area contributed by atoms with Crippen LogP contribution in [-0.2, 0) is 0 Å². The van der Waals surface area contributed by atoms with Crippen LogP contribution in [0.2, 0.25) is 10.0 Å². The van der Waals surface area contributed by atoms with Gasteiger partial charge in [0.2, 0.25) is 0 Å². The Hall–Kier alpha value is -0.960. The Labute approximate surface area is 170 Å². The van der Waals surface area contributed by atoms with E-state index >= 15 is 0 Å². The highest BCUT2D eigenvalue weighted by Crippen LogP contribution is 2.39. The van der Waals surface area contributed by atoms with Crippen molar-refractivity contribution in [1.29, 1.82) is 0 Å². The van der Waals surface area contributed by atoms with E-state index in [0.717, 1.165) is 35.3 Å². The molecule has 134 valence electrons. The van der Waals surface area contributed by atoms with E-state index in [9.17, 15) is 0 Å². The molecule has 0 bridgehead atoms. The third-order valence-corrected chi connectivity index (χ3v) is 5.90. The van der Waals surface area contributed by atoms with Gasteiger partial charge in [0.1, 0.15) is 16.6 Å². The van der Waals surface area contributed by atoms with Gasteiger partial charge >= 0.3 is 0 Å². The Kier molecular flexibility index (Phi) is 5.53. The molecule has 0 spiro atoms. The maximum absolute atomic E-state index is 6.20. The summed E-state index contributed by atoms with van der Waals surface area (Å²) in [7, 11) is 0. The molecule has 2 heterocycles. The minimum atomic E-state index is -0.110. The average Bonchev–Trinajstić information content (AvgIpc) is 2.54. The zero-order valence-electron chi connectivity index (χ0n) is 13.7. The molecule has 5 nitrogen and oxygen atoms in total. The van der Waals surface area contributed by atoms with E-state index in [4.69, 9.17) is 39.4 Å². The summed E-state index contributed by atoms with van der Waals surface area (Å²) in [6, 6.07) is 7.17. The van der Waals surface area contributed by atoms with Crippen molar-refractivity contribution >= 4 is 57.4 Å². The lowest BCUT2D eigenvalue weighted by molar-refractivity contribution is 0.363. The molecule has 1 aromatic carbocycles. The quantitative estimate of drug-likeness (QED) is 0.608. The van der Waals surface area contributed by atoms with Crippen LogP contribution in [0.5, 0.6) is 11.5 Å². The number of hydrogen-bond donors (Lipinski definition) is 2. The third kappa shape index (κ3) is 4.24. The standard InChI is InChI=1S/C17H19Cl2IN4O/c1-17(22)5-7-24(8-6-17)13-9-11(20)15(16(21)23-13)25-12-4-2-3-10(18)14(12)19/h2-4,9H,5-8,22H2,1H3,(H2,21,23). The first-order chi connectivity index (χ1) is 11.8. The van der Waals surface area contributed by atoms with Gasteiger partial charge in [-0.1, -0.05) is 29.3 Å². The first kappa shape index (κ1) is 18.8. The molecule has 0 atom stereocenters. The molecule has 1 saturated heterocycles. The molecule has 0 unspecified atom stereocenters. The van der Waals surface area contributed by atoms with Gasteiger partial charge in [0.25, 0.3) is 0 Å². The van der Waals surface area contributed by atoms with Crippen LogP contribution >= 0.6 is 45.8 Å². The minimum Gasteiger partial charge on any atom is -0.451 e. The van der Waals surface area contributed by atoms with Gasteiger partial charge in [-0.05, 0) is 60.6 Å². The van der Waals surface area contributed by atoms with Crippen molar-refractivity contribution in [3.05, 3.63) is 37.9 Å². The smallest absolute Gasteiger partial charge is 0.182 e. The number of pyridine rings is 1. The predicted molar refractivity (Wildman–Crippen MR) is 112 cm³/mol. The van der Waals surface area contributed by atoms with Gasteiger partial charge in [-0.2, -0.15) is 0 Å². The lowest BCUT2D eigenvalue weighted by Gasteiger charge is -2.37. The molecule has 4 N–H and O–H groups in total. The van der Waals surface area contributed by atoms with Crippen molar-refractivity contribution in [1.82, 2.24) is 4.98 Å². The lowest BCUT2D eigenvalue weighted by atomic mass is 9.91. The third-order valence-electron chi connectivity index (χ3n) is 4.30. The highest BCUT2D eigenvalue weighted by molar-refractivity contribution is 14.1. The molecule has 1 fully saturated rings. The average molecular weight is 493 g/mol. The number of hydrogen-bond acceptors (Lipinski definition) is 5. The Morgan fingerprint density at radius 3 is 2.60 bits per heavy atom. The number of ether oxygens (including phenoxy) is 1. The fourth-order valence-corrected chi connectivity index (χ4v) is 3.69. The fraction of sp³-hybridized carbons (Fsp3) is 0.353. The Balaban J connectivity index is 1.85. The molecule has 0 radical (unpaired) electrons. The zero-order valence-corrected chi connectivity index (χ0v) is 17.4. The van der Waals surface area contributed by atoms with Gasteiger partial charge in [0.15, 0.2) is 11.6 Å². The Bertz CT molecular complexity index is 767. The molecule has 2 aromatic rings. The number of benzene rings is 1. The summed E-state index contributed by atoms with van der Waals surface area (Å²) in [4.78, 5) is 6.71. The molecule has 0 saturated carbocycles. The molecule has 25 heavy (non-hydrogen) atoms. The number of aromatic nitrogens is 1. The van der Waals surface area contributed by atoms with Crippen LogP contribution in [0, 0.1) is 3.57 Å². The predicted octanol–water partition coefficient (Wildman–Crippen LogP) is 4.69. The van der Waals surface area contributed by atoms with Crippen molar-refractivity contribution in [2.24, 2.45) is 5.73 Å². The molecule has 1 aliphatic heterocycles. The van der Waals surface area contributed by atoms with Crippen LogP contribution in [-0.4, -0.2) is 23.6 Å². The number of nitrogens with zero attached hydrogens (tertiary/aromatic N) is 2. The summed E-state index contributed by atoms with van der Waals surface area (Å²) in [6.45, 7) is 3.80. The Morgan fingerprint density at radius 2 is 1.96 bits per heavy atom. The highest BCUT2D eigenvalue weighted by Gasteiger charge is 2.27. The largest absolute Gasteiger partial charge is 0.451 e. The number of nitrogens with two attached hydrogens (primary N) is 2. The number of anilines is 2. The van der Waals surface area contributed by atoms with Gasteiger partial charge in [-0.15, -0.1) is 0 Å². The van der Waals surface area contributed by atoms with Crippen LogP contribution in [0.3, 0.4) is 0 Å². The SMILES string of the molecule is CC1(N)CCN(c2cc(I)c(Oc3cccc(Cl)c3Cl)c(N)n2)CC1. The van der Waals surface area contributed by atoms with E-state index in [0.29, 0.717) is 27.4 Å². The lowest BCUT2D eigenvalue weighted by Crippen LogP contribution is -2.48. The first-order valence-corrected chi connectivity index (χ1v) is 9.72. The summed E-state index contributed by atoms with van der Waals surface area (Å²) in [5, 5.41) is 0.775. The number of halogens is 3. The highest BCUT2D eigenvalue weighted by atomic mass is 127. The number of rotatable bonds is 3. The van der Waals surface area contributed by atoms with Gasteiger partial charge in [-0.25, -0.2) is 4.98 Å². The van der Waals surface area contributed by atoms with Crippen molar-refractivity contribution < 1.29 is 4.74 Å². The minimum absolute atomic E-state index is 0.110. The zero-order chi connectivity index (χ0) is 18.2. The van der Waals surface area contributed by atoms with E-state index in [1.165, 1.54) is 0 Å². The molecule has 0 aliphatic carbocycles. The number of nitrogen functional groups attached to an aromatic ring is 1. The van der Waals surface area contributed by atoms with E-state index < -0.39 is 0 Å². The van der Waals surface area contributed by atoms with Gasteiger partial charge in [0.05, 0.1) is 8.59 Å². The van der Waals surface area contributed by atoms with Crippen LogP contribution in [0.1, 0.15) is 19.8 Å². The first-order valence-electron chi connectivity index (χ1n) is 7.88. The summed E-state index contributed by atoms with van der Waals surface area (Å²) < 4.78 is 6.74. The normalized spacial score (nSPS) is 16.8. The molecule has 1 aliphatic rings. The molecule has 3 rings (SSSR count). The van der Waals surface area contributed by atoms with E-state index in [-0.39, 0.29) is 5.54 Å². The van der Waals surface area contributed by atoms with Crippen molar-refractivity contribution in [2.45, 2.75) is 25.3 Å². The molecular weight excluding hydrogens is 474 g/mol. The second kappa shape index (κ2) is 7.34. The van der Waals surface area contributed by atoms with Gasteiger partial charge in [0, 0.05) is 18.6 Å². The summed E-state index contributed by atoms with van der Waals surface area (Å²) in [5.41, 5.74) is 12.2. The van der Waals surface area contributed by atoms with Crippen molar-refractivity contribution in [3.8, 4) is 11.5 Å². The van der Waals surface area contributed by atoms with E-state index in [2.05, 4.69) is 39.4 Å². The van der Waals surface area contributed by atoms with Gasteiger partial charge < -0.3 is 21.1 Å². The second-order valence-corrected chi connectivity index (χ2v) is 8.42. The molecular formula is C17H19Cl2IN4O. The molecule has 8 heteroatoms. The fourth-order valence-electron chi connectivity index (χ4n) is 2.69. The van der Waals surface area contributed by atoms with Crippen molar-refractivity contribution in [3.63, 3.8) is 0 Å².